The summed E-state index contributed by atoms with van der Waals surface area (Å²) in [5.74, 6) is 0.490. The van der Waals surface area contributed by atoms with Gasteiger partial charge in [0.25, 0.3) is 0 Å². The van der Waals surface area contributed by atoms with E-state index in [-0.39, 0.29) is 12.3 Å². The number of aryl methyl sites for hydroxylation is 1. The molecule has 4 nitrogen and oxygen atoms in total. The van der Waals surface area contributed by atoms with E-state index in [1.54, 1.807) is 18.1 Å². The normalized spacial score (nSPS) is 20.1. The summed E-state index contributed by atoms with van der Waals surface area (Å²) in [5, 5.41) is 10.1. The number of rotatable bonds is 2. The molecule has 1 aromatic rings. The highest BCUT2D eigenvalue weighted by Gasteiger charge is 2.27. The molecule has 0 spiro atoms. The van der Waals surface area contributed by atoms with E-state index >= 15 is 0 Å². The van der Waals surface area contributed by atoms with Crippen LogP contribution in [0, 0.1) is 6.92 Å². The molecule has 1 N–H and O–H groups in total. The van der Waals surface area contributed by atoms with E-state index in [2.05, 4.69) is 0 Å². The highest BCUT2D eigenvalue weighted by molar-refractivity contribution is 6.31. The lowest BCUT2D eigenvalue weighted by molar-refractivity contribution is -0.122. The van der Waals surface area contributed by atoms with Gasteiger partial charge in [0.15, 0.2) is 0 Å². The number of ether oxygens (including phenoxy) is 1. The molecule has 98 valence electrons. The lowest BCUT2D eigenvalue weighted by atomic mass is 10.1. The Bertz CT molecular complexity index is 476. The van der Waals surface area contributed by atoms with Crippen molar-refractivity contribution in [1.29, 1.82) is 0 Å². The van der Waals surface area contributed by atoms with Crippen LogP contribution < -0.4 is 9.64 Å². The van der Waals surface area contributed by atoms with Crippen molar-refractivity contribution >= 4 is 23.2 Å². The quantitative estimate of drug-likeness (QED) is 0.895. The standard InChI is InChI=1S/C13H16ClNO3/c1-8-5-11(12(18-2)7-10(8)14)15-4-3-9(16)6-13(15)17/h5,7,9,16H,3-4,6H2,1-2H3. The van der Waals surface area contributed by atoms with Gasteiger partial charge in [-0.1, -0.05) is 11.6 Å². The second-order valence-corrected chi connectivity index (χ2v) is 4.87. The number of amides is 1. The molecule has 1 unspecified atom stereocenters. The van der Waals surface area contributed by atoms with E-state index < -0.39 is 6.10 Å². The molecule has 0 aromatic heterocycles. The van der Waals surface area contributed by atoms with Gasteiger partial charge in [-0.3, -0.25) is 4.79 Å². The second kappa shape index (κ2) is 5.16. The maximum atomic E-state index is 11.9. The zero-order valence-electron chi connectivity index (χ0n) is 10.4. The Labute approximate surface area is 111 Å². The second-order valence-electron chi connectivity index (χ2n) is 4.47. The summed E-state index contributed by atoms with van der Waals surface area (Å²) in [7, 11) is 1.55. The van der Waals surface area contributed by atoms with Gasteiger partial charge in [-0.2, -0.15) is 0 Å². The fourth-order valence-corrected chi connectivity index (χ4v) is 2.25. The van der Waals surface area contributed by atoms with Crippen LogP contribution in [0.1, 0.15) is 18.4 Å². The van der Waals surface area contributed by atoms with Gasteiger partial charge in [0, 0.05) is 17.6 Å². The number of hydrogen-bond donors (Lipinski definition) is 1. The molecule has 1 fully saturated rings. The molecule has 0 radical (unpaired) electrons. The summed E-state index contributed by atoms with van der Waals surface area (Å²) in [4.78, 5) is 13.6. The van der Waals surface area contributed by atoms with E-state index in [9.17, 15) is 9.90 Å². The van der Waals surface area contributed by atoms with Crippen LogP contribution in [0.2, 0.25) is 5.02 Å². The molecule has 5 heteroatoms. The molecule has 0 saturated carbocycles. The minimum atomic E-state index is -0.534. The van der Waals surface area contributed by atoms with Gasteiger partial charge in [0.2, 0.25) is 5.91 Å². The summed E-state index contributed by atoms with van der Waals surface area (Å²) >= 11 is 6.04. The van der Waals surface area contributed by atoms with Gasteiger partial charge in [-0.15, -0.1) is 0 Å². The Kier molecular flexibility index (Phi) is 3.78. The molecular weight excluding hydrogens is 254 g/mol. The first-order valence-corrected chi connectivity index (χ1v) is 6.23. The number of aliphatic hydroxyl groups excluding tert-OH is 1. The largest absolute Gasteiger partial charge is 0.495 e. The number of anilines is 1. The number of halogens is 1. The third-order valence-corrected chi connectivity index (χ3v) is 3.56. The maximum Gasteiger partial charge on any atom is 0.229 e. The molecule has 2 rings (SSSR count). The molecule has 1 heterocycles. The molecule has 0 aliphatic carbocycles. The molecule has 0 bridgehead atoms. The SMILES string of the molecule is COc1cc(Cl)c(C)cc1N1CCC(O)CC1=O. The fourth-order valence-electron chi connectivity index (χ4n) is 2.09. The number of methoxy groups -OCH3 is 1. The molecular formula is C13H16ClNO3. The Morgan fingerprint density at radius 3 is 2.83 bits per heavy atom. The molecule has 1 aliphatic heterocycles. The van der Waals surface area contributed by atoms with Gasteiger partial charge in [-0.25, -0.2) is 0 Å². The smallest absolute Gasteiger partial charge is 0.229 e. The van der Waals surface area contributed by atoms with Crippen molar-refractivity contribution in [2.45, 2.75) is 25.9 Å². The van der Waals surface area contributed by atoms with Crippen LogP contribution in [-0.2, 0) is 4.79 Å². The maximum absolute atomic E-state index is 11.9. The lowest BCUT2D eigenvalue weighted by Crippen LogP contribution is -2.41. The van der Waals surface area contributed by atoms with E-state index in [1.807, 2.05) is 13.0 Å². The summed E-state index contributed by atoms with van der Waals surface area (Å²) in [6.45, 7) is 2.38. The van der Waals surface area contributed by atoms with Gasteiger partial charge < -0.3 is 14.7 Å². The van der Waals surface area contributed by atoms with Crippen molar-refractivity contribution in [1.82, 2.24) is 0 Å². The number of carbonyl (C=O) groups excluding carboxylic acids is 1. The third kappa shape index (κ3) is 2.44. The number of nitrogens with zero attached hydrogens (tertiary/aromatic N) is 1. The molecule has 18 heavy (non-hydrogen) atoms. The lowest BCUT2D eigenvalue weighted by Gasteiger charge is -2.30. The van der Waals surface area contributed by atoms with Gasteiger partial charge >= 0.3 is 0 Å². The Morgan fingerprint density at radius 1 is 1.50 bits per heavy atom. The van der Waals surface area contributed by atoms with E-state index in [1.165, 1.54) is 0 Å². The van der Waals surface area contributed by atoms with Crippen LogP contribution in [0.3, 0.4) is 0 Å². The predicted octanol–water partition coefficient (Wildman–Crippen LogP) is 2.14. The van der Waals surface area contributed by atoms with E-state index in [0.717, 1.165) is 11.3 Å². The predicted molar refractivity (Wildman–Crippen MR) is 70.3 cm³/mol. The van der Waals surface area contributed by atoms with Crippen molar-refractivity contribution in [3.63, 3.8) is 0 Å². The molecule has 1 saturated heterocycles. The van der Waals surface area contributed by atoms with Crippen molar-refractivity contribution in [2.75, 3.05) is 18.6 Å². The monoisotopic (exact) mass is 269 g/mol. The Morgan fingerprint density at radius 2 is 2.22 bits per heavy atom. The van der Waals surface area contributed by atoms with Crippen molar-refractivity contribution in [3.8, 4) is 5.75 Å². The van der Waals surface area contributed by atoms with Crippen LogP contribution in [0.5, 0.6) is 5.75 Å². The first kappa shape index (κ1) is 13.2. The number of benzene rings is 1. The average Bonchev–Trinajstić information content (AvgIpc) is 2.32. The Hall–Kier alpha value is -1.26. The van der Waals surface area contributed by atoms with E-state index in [4.69, 9.17) is 16.3 Å². The van der Waals surface area contributed by atoms with Crippen LogP contribution in [0.25, 0.3) is 0 Å². The minimum Gasteiger partial charge on any atom is -0.495 e. The van der Waals surface area contributed by atoms with Crippen LogP contribution in [-0.4, -0.2) is 30.8 Å². The number of aliphatic hydroxyl groups is 1. The molecule has 1 atom stereocenters. The number of piperidine rings is 1. The summed E-state index contributed by atoms with van der Waals surface area (Å²) < 4.78 is 5.27. The summed E-state index contributed by atoms with van der Waals surface area (Å²) in [6.07, 6.45) is 0.203. The minimum absolute atomic E-state index is 0.0891. The van der Waals surface area contributed by atoms with Crippen molar-refractivity contribution < 1.29 is 14.6 Å². The highest BCUT2D eigenvalue weighted by atomic mass is 35.5. The van der Waals surface area contributed by atoms with Crippen molar-refractivity contribution in [3.05, 3.63) is 22.7 Å². The third-order valence-electron chi connectivity index (χ3n) is 3.15. The first-order chi connectivity index (χ1) is 8.52. The zero-order valence-corrected chi connectivity index (χ0v) is 11.2. The van der Waals surface area contributed by atoms with Crippen LogP contribution in [0.15, 0.2) is 12.1 Å². The first-order valence-electron chi connectivity index (χ1n) is 5.85. The Balaban J connectivity index is 2.38. The molecule has 1 aliphatic rings. The van der Waals surface area contributed by atoms with Crippen LogP contribution in [0.4, 0.5) is 5.69 Å². The topological polar surface area (TPSA) is 49.8 Å². The number of carbonyl (C=O) groups is 1. The van der Waals surface area contributed by atoms with Crippen LogP contribution >= 0.6 is 11.6 Å². The molecule has 1 amide bonds. The summed E-state index contributed by atoms with van der Waals surface area (Å²) in [6, 6.07) is 3.56. The van der Waals surface area contributed by atoms with Gasteiger partial charge in [0.05, 0.1) is 25.3 Å². The van der Waals surface area contributed by atoms with Gasteiger partial charge in [-0.05, 0) is 25.0 Å². The van der Waals surface area contributed by atoms with Gasteiger partial charge in [0.1, 0.15) is 5.75 Å². The number of hydrogen-bond acceptors (Lipinski definition) is 3. The molecule has 1 aromatic carbocycles. The average molecular weight is 270 g/mol. The fraction of sp³-hybridized carbons (Fsp3) is 0.462. The zero-order chi connectivity index (χ0) is 13.3. The van der Waals surface area contributed by atoms with E-state index in [0.29, 0.717) is 23.7 Å². The summed E-state index contributed by atoms with van der Waals surface area (Å²) in [5.41, 5.74) is 1.61. The van der Waals surface area contributed by atoms with Crippen molar-refractivity contribution in [2.24, 2.45) is 0 Å². The highest BCUT2D eigenvalue weighted by Crippen LogP contribution is 2.35.